The second kappa shape index (κ2) is 22.2. The molecule has 1 saturated carbocycles. The number of ether oxygens (including phenoxy) is 7. The first kappa shape index (κ1) is 55.6. The highest BCUT2D eigenvalue weighted by atomic mass is 16.6. The van der Waals surface area contributed by atoms with Gasteiger partial charge in [0.15, 0.2) is 11.4 Å². The molecule has 11 atom stereocenters. The molecule has 73 heavy (non-hydrogen) atoms. The quantitative estimate of drug-likeness (QED) is 0.0646. The first-order valence-corrected chi connectivity index (χ1v) is 24.0. The Morgan fingerprint density at radius 3 is 2.03 bits per heavy atom. The Hall–Kier alpha value is -6.67. The van der Waals surface area contributed by atoms with Gasteiger partial charge >= 0.3 is 36.1 Å². The summed E-state index contributed by atoms with van der Waals surface area (Å²) in [4.78, 5) is 96.9. The van der Waals surface area contributed by atoms with Crippen LogP contribution in [0.1, 0.15) is 103 Å². The number of hydrogen-bond donors (Lipinski definition) is 5. The molecule has 1 unspecified atom stereocenters. The molecule has 0 bridgehead atoms. The maximum Gasteiger partial charge on any atom is 0.408 e. The number of hydrogen-bond acceptors (Lipinski definition) is 17. The van der Waals surface area contributed by atoms with Crippen LogP contribution in [0.4, 0.5) is 9.59 Å². The number of aliphatic hydroxyl groups excluding tert-OH is 2. The minimum absolute atomic E-state index is 0.0234. The highest BCUT2D eigenvalue weighted by Crippen LogP contribution is 2.61. The van der Waals surface area contributed by atoms with Gasteiger partial charge in [0.2, 0.25) is 6.10 Å². The number of alkyl carbamates (subject to hydrolysis) is 2. The second-order valence-corrected chi connectivity index (χ2v) is 20.6. The zero-order valence-corrected chi connectivity index (χ0v) is 42.4. The summed E-state index contributed by atoms with van der Waals surface area (Å²) in [5.41, 5.74) is -7.57. The Labute approximate surface area is 423 Å². The molecule has 1 heterocycles. The van der Waals surface area contributed by atoms with E-state index in [0.717, 1.165) is 6.92 Å². The molecule has 2 amide bonds. The van der Waals surface area contributed by atoms with Crippen LogP contribution in [-0.4, -0.2) is 124 Å². The van der Waals surface area contributed by atoms with Crippen LogP contribution >= 0.6 is 0 Å². The molecule has 2 fully saturated rings. The summed E-state index contributed by atoms with van der Waals surface area (Å²) in [6.07, 6.45) is -11.1. The third kappa shape index (κ3) is 12.2. The number of aliphatic hydroxyl groups is 3. The molecule has 3 aromatic rings. The molecular formula is C54H66N2O17. The van der Waals surface area contributed by atoms with Gasteiger partial charge in [-0.2, -0.15) is 0 Å². The standard InChI is InChI=1S/C54H66N2O17/c1-31-26-51(7,8)54(66,45(71-46(62)36-23-17-12-18-24-36)43-52(9,44(61)32(2)57)38(59)25-39-53(43,30-68-39)72-33(3)58)27-37(31)69-47(63)42(41(35-21-15-11-16-22-35)56-49(65)73-50(4,5)6)70-40(60)28-55-48(64)67-29-34-19-13-10-14-20-34/h10-24,26,32,37-39,41-43,45,57,59,66H,25,27-30H2,1-9H3,(H,55,64)(H,56,65)/t32-,37+,38+,39?,41+,42-,43+,45+,52-,53+,54-/m1/s1. The third-order valence-corrected chi connectivity index (χ3v) is 13.8. The number of ketones is 1. The van der Waals surface area contributed by atoms with Gasteiger partial charge in [-0.05, 0) is 70.4 Å². The smallest absolute Gasteiger partial charge is 0.408 e. The van der Waals surface area contributed by atoms with Crippen LogP contribution < -0.4 is 10.6 Å². The molecule has 0 aromatic heterocycles. The van der Waals surface area contributed by atoms with Crippen LogP contribution in [0, 0.1) is 16.7 Å². The molecule has 6 rings (SSSR count). The van der Waals surface area contributed by atoms with Crippen LogP contribution in [0.5, 0.6) is 0 Å². The molecule has 19 heteroatoms. The first-order valence-electron chi connectivity index (χ1n) is 24.0. The number of esters is 4. The number of Topliss-reactive ketones (excluding diaryl/α,β-unsaturated/α-hetero) is 1. The van der Waals surface area contributed by atoms with Gasteiger partial charge in [-0.15, -0.1) is 0 Å². The van der Waals surface area contributed by atoms with Crippen molar-refractivity contribution < 1.29 is 82.0 Å². The monoisotopic (exact) mass is 1010 g/mol. The Morgan fingerprint density at radius 1 is 0.863 bits per heavy atom. The van der Waals surface area contributed by atoms with Gasteiger partial charge in [0.25, 0.3) is 0 Å². The van der Waals surface area contributed by atoms with Crippen LogP contribution in [0.2, 0.25) is 0 Å². The lowest BCUT2D eigenvalue weighted by Gasteiger charge is -2.65. The fourth-order valence-corrected chi connectivity index (χ4v) is 10.1. The molecule has 3 aromatic carbocycles. The van der Waals surface area contributed by atoms with Crippen LogP contribution in [0.3, 0.4) is 0 Å². The van der Waals surface area contributed by atoms with Crippen molar-refractivity contribution in [1.82, 2.24) is 10.6 Å². The predicted octanol–water partition coefficient (Wildman–Crippen LogP) is 5.37. The number of amides is 2. The molecule has 0 radical (unpaired) electrons. The Morgan fingerprint density at radius 2 is 1.47 bits per heavy atom. The van der Waals surface area contributed by atoms with Crippen LogP contribution in [0.25, 0.3) is 0 Å². The van der Waals surface area contributed by atoms with Gasteiger partial charge < -0.3 is 59.1 Å². The van der Waals surface area contributed by atoms with Gasteiger partial charge in [-0.25, -0.2) is 19.2 Å². The van der Waals surface area contributed by atoms with Gasteiger partial charge in [0.1, 0.15) is 54.8 Å². The molecule has 0 spiro atoms. The van der Waals surface area contributed by atoms with Crippen molar-refractivity contribution in [3.8, 4) is 0 Å². The number of carbonyl (C=O) groups excluding carboxylic acids is 7. The maximum atomic E-state index is 15.0. The van der Waals surface area contributed by atoms with Gasteiger partial charge in [0.05, 0.1) is 29.6 Å². The van der Waals surface area contributed by atoms with Gasteiger partial charge in [-0.1, -0.05) is 98.8 Å². The zero-order valence-electron chi connectivity index (χ0n) is 42.4. The fourth-order valence-electron chi connectivity index (χ4n) is 10.1. The van der Waals surface area contributed by atoms with Crippen molar-refractivity contribution in [2.24, 2.45) is 16.7 Å². The summed E-state index contributed by atoms with van der Waals surface area (Å²) in [6, 6.07) is 23.0. The van der Waals surface area contributed by atoms with Crippen molar-refractivity contribution in [2.75, 3.05) is 13.2 Å². The lowest BCUT2D eigenvalue weighted by Crippen LogP contribution is -2.80. The molecular weight excluding hydrogens is 949 g/mol. The number of nitrogens with one attached hydrogen (secondary N) is 2. The van der Waals surface area contributed by atoms with Crippen molar-refractivity contribution in [2.45, 2.75) is 141 Å². The largest absolute Gasteiger partial charge is 0.455 e. The van der Waals surface area contributed by atoms with Crippen LogP contribution in [0.15, 0.2) is 103 Å². The minimum atomic E-state index is -2.43. The first-order chi connectivity index (χ1) is 34.2. The van der Waals surface area contributed by atoms with E-state index in [0.29, 0.717) is 11.1 Å². The number of fused-ring (bicyclic) bond motifs is 1. The highest BCUT2D eigenvalue weighted by molar-refractivity contribution is 5.91. The summed E-state index contributed by atoms with van der Waals surface area (Å²) in [7, 11) is 0. The lowest BCUT2D eigenvalue weighted by molar-refractivity contribution is -0.343. The molecule has 1 saturated heterocycles. The third-order valence-electron chi connectivity index (χ3n) is 13.8. The second-order valence-electron chi connectivity index (χ2n) is 20.6. The highest BCUT2D eigenvalue weighted by Gasteiger charge is 2.75. The Balaban J connectivity index is 1.43. The minimum Gasteiger partial charge on any atom is -0.455 e. The number of carbonyl (C=O) groups is 7. The average Bonchev–Trinajstić information content (AvgIpc) is 3.32. The van der Waals surface area contributed by atoms with Crippen LogP contribution in [-0.2, 0) is 58.9 Å². The van der Waals surface area contributed by atoms with Crippen molar-refractivity contribution >= 4 is 41.8 Å². The van der Waals surface area contributed by atoms with E-state index >= 15 is 0 Å². The summed E-state index contributed by atoms with van der Waals surface area (Å²) >= 11 is 0. The predicted molar refractivity (Wildman–Crippen MR) is 259 cm³/mol. The average molecular weight is 1020 g/mol. The van der Waals surface area contributed by atoms with E-state index < -0.39 is 131 Å². The summed E-state index contributed by atoms with van der Waals surface area (Å²) in [5.74, 6) is -6.77. The Kier molecular flexibility index (Phi) is 16.9. The van der Waals surface area contributed by atoms with Crippen molar-refractivity contribution in [1.29, 1.82) is 0 Å². The Bertz CT molecular complexity index is 2530. The van der Waals surface area contributed by atoms with Gasteiger partial charge in [0, 0.05) is 25.2 Å². The van der Waals surface area contributed by atoms with E-state index in [-0.39, 0.29) is 30.8 Å². The number of rotatable bonds is 17. The summed E-state index contributed by atoms with van der Waals surface area (Å²) < 4.78 is 41.2. The number of benzene rings is 3. The molecule has 5 N–H and O–H groups in total. The van der Waals surface area contributed by atoms with E-state index in [1.807, 2.05) is 0 Å². The van der Waals surface area contributed by atoms with E-state index in [4.69, 9.17) is 33.2 Å². The SMILES string of the molecule is CC(=O)O[C@@]12COC1C[C@H](O)[C@@](C)(C(=O)[C@@H](C)O)[C@@H]2[C@H](OC(=O)c1ccccc1)[C@]1(O)C[C@H](OC(=O)[C@H](OC(=O)CNC(=O)OCc2ccccc2)[C@@H](NC(=O)OC(C)(C)C)c2ccccc2)C(C)=CC1(C)C. The van der Waals surface area contributed by atoms with E-state index in [1.165, 1.54) is 26.0 Å². The van der Waals surface area contributed by atoms with E-state index in [2.05, 4.69) is 10.6 Å². The molecule has 394 valence electrons. The molecule has 19 nitrogen and oxygen atoms in total. The van der Waals surface area contributed by atoms with Crippen molar-refractivity contribution in [3.05, 3.63) is 119 Å². The zero-order chi connectivity index (χ0) is 53.7. The van der Waals surface area contributed by atoms with Gasteiger partial charge in [-0.3, -0.25) is 14.4 Å². The molecule has 1 aliphatic heterocycles. The van der Waals surface area contributed by atoms with E-state index in [1.54, 1.807) is 126 Å². The lowest BCUT2D eigenvalue weighted by atomic mass is 9.48. The summed E-state index contributed by atoms with van der Waals surface area (Å²) in [5, 5.41) is 41.6. The maximum absolute atomic E-state index is 15.0. The summed E-state index contributed by atoms with van der Waals surface area (Å²) in [6.45, 7) is 12.1. The molecule has 2 aliphatic carbocycles. The topological polar surface area (TPSA) is 269 Å². The van der Waals surface area contributed by atoms with E-state index in [9.17, 15) is 48.9 Å². The molecule has 3 aliphatic rings. The van der Waals surface area contributed by atoms with Crippen molar-refractivity contribution in [3.63, 3.8) is 0 Å². The normalized spacial score (nSPS) is 26.8. The fraction of sp³-hybridized carbons (Fsp3) is 0.500.